The molecule has 0 aromatic rings. The SMILES string of the molecule is NC1CCCC(C(=O)NCCCN2CCCCC2)C1. The Bertz CT molecular complexity index is 277. The Balaban J connectivity index is 1.55. The van der Waals surface area contributed by atoms with Crippen LogP contribution in [0, 0.1) is 5.92 Å². The smallest absolute Gasteiger partial charge is 0.223 e. The molecule has 110 valence electrons. The van der Waals surface area contributed by atoms with Crippen LogP contribution in [0.4, 0.5) is 0 Å². The summed E-state index contributed by atoms with van der Waals surface area (Å²) in [5.74, 6) is 0.396. The number of nitrogens with zero attached hydrogens (tertiary/aromatic N) is 1. The molecule has 4 nitrogen and oxygen atoms in total. The summed E-state index contributed by atoms with van der Waals surface area (Å²) in [5, 5.41) is 3.09. The van der Waals surface area contributed by atoms with E-state index in [1.54, 1.807) is 0 Å². The van der Waals surface area contributed by atoms with Gasteiger partial charge in [0.1, 0.15) is 0 Å². The lowest BCUT2D eigenvalue weighted by Gasteiger charge is -2.27. The highest BCUT2D eigenvalue weighted by Crippen LogP contribution is 2.23. The van der Waals surface area contributed by atoms with Crippen LogP contribution in [0.1, 0.15) is 51.4 Å². The second-order valence-corrected chi connectivity index (χ2v) is 6.17. The highest BCUT2D eigenvalue weighted by Gasteiger charge is 2.24. The Morgan fingerprint density at radius 1 is 1.16 bits per heavy atom. The van der Waals surface area contributed by atoms with Gasteiger partial charge in [-0.25, -0.2) is 0 Å². The Kier molecular flexibility index (Phi) is 6.11. The number of likely N-dealkylation sites (tertiary alicyclic amines) is 1. The van der Waals surface area contributed by atoms with Crippen LogP contribution >= 0.6 is 0 Å². The summed E-state index contributed by atoms with van der Waals surface area (Å²) >= 11 is 0. The monoisotopic (exact) mass is 267 g/mol. The molecule has 2 unspecified atom stereocenters. The first-order valence-corrected chi connectivity index (χ1v) is 8.01. The van der Waals surface area contributed by atoms with Crippen molar-refractivity contribution >= 4 is 5.91 Å². The summed E-state index contributed by atoms with van der Waals surface area (Å²) < 4.78 is 0. The van der Waals surface area contributed by atoms with Crippen molar-refractivity contribution in [3.8, 4) is 0 Å². The van der Waals surface area contributed by atoms with Crippen LogP contribution in [-0.4, -0.2) is 43.0 Å². The van der Waals surface area contributed by atoms with E-state index in [1.165, 1.54) is 32.4 Å². The molecule has 1 heterocycles. The molecule has 0 aromatic carbocycles. The normalized spacial score (nSPS) is 29.1. The molecule has 1 aliphatic heterocycles. The van der Waals surface area contributed by atoms with E-state index >= 15 is 0 Å². The summed E-state index contributed by atoms with van der Waals surface area (Å²) in [6.07, 6.45) is 9.22. The molecule has 2 fully saturated rings. The average Bonchev–Trinajstić information content (AvgIpc) is 2.44. The largest absolute Gasteiger partial charge is 0.356 e. The first kappa shape index (κ1) is 14.8. The number of piperidine rings is 1. The summed E-state index contributed by atoms with van der Waals surface area (Å²) in [7, 11) is 0. The molecule has 1 saturated carbocycles. The van der Waals surface area contributed by atoms with Crippen molar-refractivity contribution < 1.29 is 4.79 Å². The van der Waals surface area contributed by atoms with Gasteiger partial charge in [0.2, 0.25) is 5.91 Å². The van der Waals surface area contributed by atoms with Crippen LogP contribution in [-0.2, 0) is 4.79 Å². The highest BCUT2D eigenvalue weighted by molar-refractivity contribution is 5.78. The number of carbonyl (C=O) groups excluding carboxylic acids is 1. The Morgan fingerprint density at radius 3 is 2.68 bits per heavy atom. The number of nitrogens with one attached hydrogen (secondary N) is 1. The predicted octanol–water partition coefficient (Wildman–Crippen LogP) is 1.50. The van der Waals surface area contributed by atoms with Crippen molar-refractivity contribution in [3.63, 3.8) is 0 Å². The summed E-state index contributed by atoms with van der Waals surface area (Å²) in [6.45, 7) is 4.43. The molecular formula is C15H29N3O. The van der Waals surface area contributed by atoms with E-state index in [0.717, 1.165) is 45.2 Å². The molecule has 0 aromatic heterocycles. The van der Waals surface area contributed by atoms with Crippen molar-refractivity contribution in [2.24, 2.45) is 11.7 Å². The van der Waals surface area contributed by atoms with Crippen molar-refractivity contribution in [3.05, 3.63) is 0 Å². The van der Waals surface area contributed by atoms with Crippen molar-refractivity contribution in [1.29, 1.82) is 0 Å². The zero-order chi connectivity index (χ0) is 13.5. The number of hydrogen-bond acceptors (Lipinski definition) is 3. The van der Waals surface area contributed by atoms with Gasteiger partial charge in [0.25, 0.3) is 0 Å². The van der Waals surface area contributed by atoms with E-state index in [0.29, 0.717) is 0 Å². The maximum Gasteiger partial charge on any atom is 0.223 e. The van der Waals surface area contributed by atoms with E-state index in [-0.39, 0.29) is 17.9 Å². The third kappa shape index (κ3) is 5.11. The topological polar surface area (TPSA) is 58.4 Å². The third-order valence-electron chi connectivity index (χ3n) is 4.48. The summed E-state index contributed by atoms with van der Waals surface area (Å²) in [6, 6.07) is 0.234. The molecule has 1 amide bonds. The van der Waals surface area contributed by atoms with Gasteiger partial charge in [-0.15, -0.1) is 0 Å². The molecule has 2 atom stereocenters. The molecule has 2 rings (SSSR count). The Morgan fingerprint density at radius 2 is 1.95 bits per heavy atom. The van der Waals surface area contributed by atoms with E-state index < -0.39 is 0 Å². The van der Waals surface area contributed by atoms with Gasteiger partial charge in [0, 0.05) is 18.5 Å². The van der Waals surface area contributed by atoms with Gasteiger partial charge >= 0.3 is 0 Å². The maximum absolute atomic E-state index is 12.0. The number of carbonyl (C=O) groups is 1. The van der Waals surface area contributed by atoms with Gasteiger partial charge in [0.15, 0.2) is 0 Å². The van der Waals surface area contributed by atoms with Crippen LogP contribution < -0.4 is 11.1 Å². The summed E-state index contributed by atoms with van der Waals surface area (Å²) in [4.78, 5) is 14.5. The van der Waals surface area contributed by atoms with E-state index in [4.69, 9.17) is 5.73 Å². The molecule has 19 heavy (non-hydrogen) atoms. The molecule has 1 saturated heterocycles. The maximum atomic E-state index is 12.0. The number of nitrogens with two attached hydrogens (primary N) is 1. The van der Waals surface area contributed by atoms with Crippen LogP contribution in [0.25, 0.3) is 0 Å². The van der Waals surface area contributed by atoms with E-state index in [1.807, 2.05) is 0 Å². The molecule has 3 N–H and O–H groups in total. The molecule has 1 aliphatic carbocycles. The molecular weight excluding hydrogens is 238 g/mol. The van der Waals surface area contributed by atoms with Crippen molar-refractivity contribution in [1.82, 2.24) is 10.2 Å². The first-order valence-electron chi connectivity index (χ1n) is 8.01. The van der Waals surface area contributed by atoms with Crippen molar-refractivity contribution in [2.45, 2.75) is 57.4 Å². The average molecular weight is 267 g/mol. The Labute approximate surface area is 117 Å². The minimum atomic E-state index is 0.165. The summed E-state index contributed by atoms with van der Waals surface area (Å²) in [5.41, 5.74) is 5.93. The lowest BCUT2D eigenvalue weighted by molar-refractivity contribution is -0.126. The third-order valence-corrected chi connectivity index (χ3v) is 4.48. The fraction of sp³-hybridized carbons (Fsp3) is 0.933. The van der Waals surface area contributed by atoms with Gasteiger partial charge < -0.3 is 16.0 Å². The van der Waals surface area contributed by atoms with E-state index in [2.05, 4.69) is 10.2 Å². The van der Waals surface area contributed by atoms with Crippen LogP contribution in [0.2, 0.25) is 0 Å². The second kappa shape index (κ2) is 7.85. The first-order chi connectivity index (χ1) is 9.25. The zero-order valence-electron chi connectivity index (χ0n) is 12.1. The van der Waals surface area contributed by atoms with Gasteiger partial charge in [0.05, 0.1) is 0 Å². The predicted molar refractivity (Wildman–Crippen MR) is 77.9 cm³/mol. The van der Waals surface area contributed by atoms with Gasteiger partial charge in [-0.1, -0.05) is 12.8 Å². The van der Waals surface area contributed by atoms with Crippen LogP contribution in [0.15, 0.2) is 0 Å². The fourth-order valence-electron chi connectivity index (χ4n) is 3.31. The molecule has 4 heteroatoms. The standard InChI is InChI=1S/C15H29N3O/c16-14-7-4-6-13(12-14)15(19)17-8-5-11-18-9-2-1-3-10-18/h13-14H,1-12,16H2,(H,17,19). The Hall–Kier alpha value is -0.610. The minimum Gasteiger partial charge on any atom is -0.356 e. The quantitative estimate of drug-likeness (QED) is 0.742. The molecule has 0 bridgehead atoms. The zero-order valence-corrected chi connectivity index (χ0v) is 12.1. The van der Waals surface area contributed by atoms with Gasteiger partial charge in [-0.3, -0.25) is 4.79 Å². The fourth-order valence-corrected chi connectivity index (χ4v) is 3.31. The lowest BCUT2D eigenvalue weighted by atomic mass is 9.85. The minimum absolute atomic E-state index is 0.165. The molecule has 0 spiro atoms. The number of hydrogen-bond donors (Lipinski definition) is 2. The van der Waals surface area contributed by atoms with Gasteiger partial charge in [-0.2, -0.15) is 0 Å². The lowest BCUT2D eigenvalue weighted by Crippen LogP contribution is -2.39. The second-order valence-electron chi connectivity index (χ2n) is 6.17. The molecule has 2 aliphatic rings. The highest BCUT2D eigenvalue weighted by atomic mass is 16.1. The number of amides is 1. The molecule has 0 radical (unpaired) electrons. The number of rotatable bonds is 5. The van der Waals surface area contributed by atoms with Crippen molar-refractivity contribution in [2.75, 3.05) is 26.2 Å². The van der Waals surface area contributed by atoms with Crippen LogP contribution in [0.5, 0.6) is 0 Å². The van der Waals surface area contributed by atoms with Crippen LogP contribution in [0.3, 0.4) is 0 Å². The van der Waals surface area contributed by atoms with Gasteiger partial charge in [-0.05, 0) is 58.2 Å². The van der Waals surface area contributed by atoms with E-state index in [9.17, 15) is 4.79 Å².